The highest BCUT2D eigenvalue weighted by atomic mass is 19.4. The number of carbonyl (C=O) groups excluding carboxylic acids is 1. The number of carbonyl (C=O) groups is 1. The van der Waals surface area contributed by atoms with E-state index in [1.807, 2.05) is 0 Å². The molecule has 1 rings (SSSR count). The topological polar surface area (TPSA) is 70.1 Å². The SMILES string of the molecule is COC(=O)C(N)c1cc(C(F)(F)F)nn1C. The first kappa shape index (κ1) is 12.5. The summed E-state index contributed by atoms with van der Waals surface area (Å²) in [5.74, 6) is -0.822. The average molecular weight is 237 g/mol. The van der Waals surface area contributed by atoms with Crippen molar-refractivity contribution < 1.29 is 22.7 Å². The zero-order chi connectivity index (χ0) is 12.5. The summed E-state index contributed by atoms with van der Waals surface area (Å²) in [5, 5.41) is 3.22. The van der Waals surface area contributed by atoms with Gasteiger partial charge in [0, 0.05) is 7.05 Å². The zero-order valence-corrected chi connectivity index (χ0v) is 8.58. The number of aryl methyl sites for hydroxylation is 1. The summed E-state index contributed by atoms with van der Waals surface area (Å²) < 4.78 is 42.1. The second kappa shape index (κ2) is 4.12. The molecule has 1 atom stereocenters. The van der Waals surface area contributed by atoms with Gasteiger partial charge in [0.05, 0.1) is 12.8 Å². The molecule has 16 heavy (non-hydrogen) atoms. The Labute approximate surface area is 89.0 Å². The summed E-state index contributed by atoms with van der Waals surface area (Å²) in [6, 6.07) is -0.555. The first-order valence-electron chi connectivity index (χ1n) is 4.22. The highest BCUT2D eigenvalue weighted by molar-refractivity contribution is 5.76. The molecule has 0 aliphatic rings. The summed E-state index contributed by atoms with van der Waals surface area (Å²) >= 11 is 0. The van der Waals surface area contributed by atoms with Crippen LogP contribution in [0.4, 0.5) is 13.2 Å². The molecule has 1 unspecified atom stereocenters. The number of ether oxygens (including phenoxy) is 1. The van der Waals surface area contributed by atoms with Crippen molar-refractivity contribution in [2.24, 2.45) is 12.8 Å². The van der Waals surface area contributed by atoms with Gasteiger partial charge in [0.15, 0.2) is 5.69 Å². The van der Waals surface area contributed by atoms with Crippen molar-refractivity contribution in [2.75, 3.05) is 7.11 Å². The molecule has 0 saturated carbocycles. The van der Waals surface area contributed by atoms with Gasteiger partial charge in [0.25, 0.3) is 0 Å². The molecule has 2 N–H and O–H groups in total. The summed E-state index contributed by atoms with van der Waals surface area (Å²) in [4.78, 5) is 11.1. The fourth-order valence-corrected chi connectivity index (χ4v) is 1.16. The molecule has 0 bridgehead atoms. The monoisotopic (exact) mass is 237 g/mol. The molecule has 1 heterocycles. The maximum atomic E-state index is 12.3. The number of methoxy groups -OCH3 is 1. The van der Waals surface area contributed by atoms with Crippen molar-refractivity contribution in [3.63, 3.8) is 0 Å². The van der Waals surface area contributed by atoms with Crippen LogP contribution in [-0.4, -0.2) is 22.9 Å². The molecule has 0 saturated heterocycles. The summed E-state index contributed by atoms with van der Waals surface area (Å²) in [5.41, 5.74) is 4.25. The minimum Gasteiger partial charge on any atom is -0.468 e. The Bertz CT molecular complexity index is 400. The first-order valence-corrected chi connectivity index (χ1v) is 4.22. The predicted octanol–water partition coefficient (Wildman–Crippen LogP) is 0.612. The van der Waals surface area contributed by atoms with Gasteiger partial charge in [-0.1, -0.05) is 0 Å². The third-order valence-electron chi connectivity index (χ3n) is 1.98. The molecule has 0 radical (unpaired) electrons. The van der Waals surface area contributed by atoms with Gasteiger partial charge in [-0.2, -0.15) is 18.3 Å². The number of hydrogen-bond donors (Lipinski definition) is 1. The number of halogens is 3. The fourth-order valence-electron chi connectivity index (χ4n) is 1.16. The highest BCUT2D eigenvalue weighted by Crippen LogP contribution is 2.29. The molecule has 0 amide bonds. The second-order valence-electron chi connectivity index (χ2n) is 3.08. The van der Waals surface area contributed by atoms with E-state index in [1.165, 1.54) is 7.05 Å². The Balaban J connectivity index is 3.07. The lowest BCUT2D eigenvalue weighted by Gasteiger charge is -2.08. The maximum absolute atomic E-state index is 12.3. The van der Waals surface area contributed by atoms with Crippen LogP contribution in [0.3, 0.4) is 0 Å². The number of aromatic nitrogens is 2. The van der Waals surface area contributed by atoms with Crippen LogP contribution >= 0.6 is 0 Å². The third-order valence-corrected chi connectivity index (χ3v) is 1.98. The maximum Gasteiger partial charge on any atom is 0.435 e. The van der Waals surface area contributed by atoms with E-state index in [1.54, 1.807) is 0 Å². The van der Waals surface area contributed by atoms with Gasteiger partial charge >= 0.3 is 12.1 Å². The number of alkyl halides is 3. The fraction of sp³-hybridized carbons (Fsp3) is 0.500. The average Bonchev–Trinajstić information content (AvgIpc) is 2.57. The molecule has 1 aromatic rings. The molecule has 1 aromatic heterocycles. The van der Waals surface area contributed by atoms with Crippen LogP contribution in [0, 0.1) is 0 Å². The van der Waals surface area contributed by atoms with E-state index in [2.05, 4.69) is 9.84 Å². The van der Waals surface area contributed by atoms with Crippen molar-refractivity contribution in [3.05, 3.63) is 17.5 Å². The molecular formula is C8H10F3N3O2. The van der Waals surface area contributed by atoms with Crippen LogP contribution in [0.1, 0.15) is 17.4 Å². The lowest BCUT2D eigenvalue weighted by molar-refractivity contribution is -0.143. The molecule has 0 fully saturated rings. The van der Waals surface area contributed by atoms with Crippen molar-refractivity contribution in [3.8, 4) is 0 Å². The molecule has 0 aliphatic carbocycles. The van der Waals surface area contributed by atoms with Gasteiger partial charge in [-0.3, -0.25) is 4.68 Å². The second-order valence-corrected chi connectivity index (χ2v) is 3.08. The van der Waals surface area contributed by atoms with E-state index in [0.717, 1.165) is 17.9 Å². The normalized spacial score (nSPS) is 13.6. The van der Waals surface area contributed by atoms with Crippen molar-refractivity contribution >= 4 is 5.97 Å². The van der Waals surface area contributed by atoms with Crippen LogP contribution in [0.2, 0.25) is 0 Å². The van der Waals surface area contributed by atoms with E-state index in [-0.39, 0.29) is 5.69 Å². The van der Waals surface area contributed by atoms with E-state index < -0.39 is 23.9 Å². The number of nitrogens with zero attached hydrogens (tertiary/aromatic N) is 2. The van der Waals surface area contributed by atoms with Gasteiger partial charge in [0.1, 0.15) is 6.04 Å². The third kappa shape index (κ3) is 2.32. The van der Waals surface area contributed by atoms with Crippen LogP contribution < -0.4 is 5.73 Å². The summed E-state index contributed by atoms with van der Waals surface area (Å²) in [6.07, 6.45) is -4.56. The van der Waals surface area contributed by atoms with Gasteiger partial charge in [-0.25, -0.2) is 4.79 Å². The Morgan fingerprint density at radius 1 is 1.62 bits per heavy atom. The van der Waals surface area contributed by atoms with Crippen LogP contribution in [-0.2, 0) is 22.8 Å². The molecular weight excluding hydrogens is 227 g/mol. The standard InChI is InChI=1S/C8H10F3N3O2/c1-14-4(6(12)7(15)16-2)3-5(13-14)8(9,10)11/h3,6H,12H2,1-2H3. The van der Waals surface area contributed by atoms with E-state index in [4.69, 9.17) is 5.73 Å². The largest absolute Gasteiger partial charge is 0.468 e. The quantitative estimate of drug-likeness (QED) is 0.765. The van der Waals surface area contributed by atoms with Gasteiger partial charge in [-0.05, 0) is 6.07 Å². The van der Waals surface area contributed by atoms with Crippen molar-refractivity contribution in [1.82, 2.24) is 9.78 Å². The lowest BCUT2D eigenvalue weighted by Crippen LogP contribution is -2.24. The highest BCUT2D eigenvalue weighted by Gasteiger charge is 2.36. The smallest absolute Gasteiger partial charge is 0.435 e. The zero-order valence-electron chi connectivity index (χ0n) is 8.58. The van der Waals surface area contributed by atoms with Gasteiger partial charge in [0.2, 0.25) is 0 Å². The summed E-state index contributed by atoms with van der Waals surface area (Å²) in [6.45, 7) is 0. The van der Waals surface area contributed by atoms with E-state index in [0.29, 0.717) is 0 Å². The van der Waals surface area contributed by atoms with Gasteiger partial charge in [-0.15, -0.1) is 0 Å². The van der Waals surface area contributed by atoms with Crippen molar-refractivity contribution in [2.45, 2.75) is 12.2 Å². The number of rotatable bonds is 2. The van der Waals surface area contributed by atoms with Crippen LogP contribution in [0.15, 0.2) is 6.07 Å². The molecule has 0 spiro atoms. The van der Waals surface area contributed by atoms with E-state index in [9.17, 15) is 18.0 Å². The molecule has 0 aromatic carbocycles. The Hall–Kier alpha value is -1.57. The molecule has 0 aliphatic heterocycles. The molecule has 90 valence electrons. The minimum absolute atomic E-state index is 0.0563. The Morgan fingerprint density at radius 2 is 2.19 bits per heavy atom. The Kier molecular flexibility index (Phi) is 3.22. The van der Waals surface area contributed by atoms with Gasteiger partial charge < -0.3 is 10.5 Å². The minimum atomic E-state index is -4.56. The van der Waals surface area contributed by atoms with Crippen molar-refractivity contribution in [1.29, 1.82) is 0 Å². The molecule has 5 nitrogen and oxygen atoms in total. The van der Waals surface area contributed by atoms with Crippen LogP contribution in [0.5, 0.6) is 0 Å². The first-order chi connectivity index (χ1) is 7.27. The lowest BCUT2D eigenvalue weighted by atomic mass is 10.2. The predicted molar refractivity (Wildman–Crippen MR) is 47.2 cm³/mol. The summed E-state index contributed by atoms with van der Waals surface area (Å²) in [7, 11) is 2.37. The Morgan fingerprint density at radius 3 is 2.56 bits per heavy atom. The van der Waals surface area contributed by atoms with E-state index >= 15 is 0 Å². The number of esters is 1. The number of nitrogens with two attached hydrogens (primary N) is 1. The van der Waals surface area contributed by atoms with Crippen LogP contribution in [0.25, 0.3) is 0 Å². The number of hydrogen-bond acceptors (Lipinski definition) is 4. The molecule has 8 heteroatoms.